The van der Waals surface area contributed by atoms with E-state index in [1.165, 1.54) is 4.90 Å². The summed E-state index contributed by atoms with van der Waals surface area (Å²) in [5.41, 5.74) is 4.82. The van der Waals surface area contributed by atoms with E-state index in [9.17, 15) is 19.7 Å². The second kappa shape index (κ2) is 9.78. The van der Waals surface area contributed by atoms with E-state index in [2.05, 4.69) is 5.32 Å². The topological polar surface area (TPSA) is 99.1 Å². The number of hydrogen-bond donors (Lipinski definition) is 3. The maximum absolute atomic E-state index is 13.9. The number of phenols is 1. The van der Waals surface area contributed by atoms with Crippen molar-refractivity contribution in [1.29, 1.82) is 0 Å². The van der Waals surface area contributed by atoms with Crippen LogP contribution in [0.4, 0.5) is 17.1 Å². The third-order valence-corrected chi connectivity index (χ3v) is 8.07. The van der Waals surface area contributed by atoms with E-state index in [1.54, 1.807) is 30.3 Å². The Labute approximate surface area is 221 Å². The Morgan fingerprint density at radius 3 is 2.39 bits per heavy atom. The highest BCUT2D eigenvalue weighted by Crippen LogP contribution is 2.52. The molecule has 3 aromatic carbocycles. The highest BCUT2D eigenvalue weighted by molar-refractivity contribution is 6.53. The van der Waals surface area contributed by atoms with Gasteiger partial charge in [-0.15, -0.1) is 0 Å². The molecule has 7 nitrogen and oxygen atoms in total. The monoisotopic (exact) mass is 508 g/mol. The van der Waals surface area contributed by atoms with Gasteiger partial charge < -0.3 is 20.1 Å². The average Bonchev–Trinajstić information content (AvgIpc) is 3.18. The van der Waals surface area contributed by atoms with Gasteiger partial charge in [0.25, 0.3) is 0 Å². The molecule has 192 valence electrons. The summed E-state index contributed by atoms with van der Waals surface area (Å²) >= 11 is 0. The van der Waals surface area contributed by atoms with Gasteiger partial charge in [0.2, 0.25) is 11.8 Å². The molecule has 2 fully saturated rings. The Kier molecular flexibility index (Phi) is 6.29. The van der Waals surface area contributed by atoms with Crippen LogP contribution < -0.4 is 10.2 Å². The van der Waals surface area contributed by atoms with Crippen molar-refractivity contribution in [2.75, 3.05) is 10.2 Å². The van der Waals surface area contributed by atoms with Crippen LogP contribution in [-0.2, 0) is 14.2 Å². The summed E-state index contributed by atoms with van der Waals surface area (Å²) in [6.45, 7) is 2.01. The van der Waals surface area contributed by atoms with Gasteiger partial charge in [0.15, 0.2) is 0 Å². The smallest absolute Gasteiger partial charge is 0.487 e. The van der Waals surface area contributed by atoms with E-state index in [4.69, 9.17) is 4.65 Å². The first-order valence-electron chi connectivity index (χ1n) is 13.1. The van der Waals surface area contributed by atoms with Crippen molar-refractivity contribution >= 4 is 36.0 Å². The minimum absolute atomic E-state index is 0.112. The van der Waals surface area contributed by atoms with Crippen molar-refractivity contribution in [3.05, 3.63) is 95.5 Å². The number of benzene rings is 3. The molecule has 3 N–H and O–H groups in total. The number of amides is 2. The van der Waals surface area contributed by atoms with Crippen molar-refractivity contribution in [3.8, 4) is 5.75 Å². The molecule has 3 aromatic rings. The van der Waals surface area contributed by atoms with Gasteiger partial charge in [-0.2, -0.15) is 0 Å². The van der Waals surface area contributed by atoms with Gasteiger partial charge in [0.05, 0.1) is 23.6 Å². The number of hydrogen-bond acceptors (Lipinski definition) is 6. The van der Waals surface area contributed by atoms with Crippen molar-refractivity contribution in [2.24, 2.45) is 17.8 Å². The van der Waals surface area contributed by atoms with Crippen molar-refractivity contribution in [2.45, 2.75) is 32.3 Å². The number of fused-ring (bicyclic) bond motifs is 3. The highest BCUT2D eigenvalue weighted by atomic mass is 16.5. The standard InChI is InChI=1S/C30H29BN2O5/c1-2-18-16-25-27(24-17-26(38-31(37)28(18)24)19-7-6-10-23(34)15-19)30(36)33(29(25)35)22-13-11-21(12-14-22)32-20-8-4-3-5-9-20/h3-15,24-27,32,34,37H,2,16-17H2,1H3/t24-,25-,26-,27+/m0/s1. The minimum atomic E-state index is -1.16. The first-order valence-corrected chi connectivity index (χ1v) is 13.1. The number of anilines is 3. The number of allylic oxidation sites excluding steroid dienone is 2. The van der Waals surface area contributed by atoms with Gasteiger partial charge in [-0.1, -0.05) is 42.8 Å². The number of carbonyl (C=O) groups is 2. The molecule has 1 aliphatic carbocycles. The lowest BCUT2D eigenvalue weighted by atomic mass is 9.55. The third kappa shape index (κ3) is 4.20. The van der Waals surface area contributed by atoms with Crippen LogP contribution in [0.5, 0.6) is 5.75 Å². The summed E-state index contributed by atoms with van der Waals surface area (Å²) in [6.07, 6.45) is 1.07. The number of aromatic hydroxyl groups is 1. The molecule has 0 unspecified atom stereocenters. The summed E-state index contributed by atoms with van der Waals surface area (Å²) in [6, 6.07) is 23.9. The predicted octanol–water partition coefficient (Wildman–Crippen LogP) is 5.15. The van der Waals surface area contributed by atoms with Gasteiger partial charge in [0, 0.05) is 11.4 Å². The zero-order valence-corrected chi connectivity index (χ0v) is 21.1. The number of carbonyl (C=O) groups excluding carboxylic acids is 2. The van der Waals surface area contributed by atoms with Gasteiger partial charge in [-0.05, 0) is 84.7 Å². The Morgan fingerprint density at radius 1 is 0.947 bits per heavy atom. The molecule has 3 aliphatic rings. The van der Waals surface area contributed by atoms with Crippen molar-refractivity contribution < 1.29 is 24.4 Å². The summed E-state index contributed by atoms with van der Waals surface area (Å²) in [4.78, 5) is 28.9. The Hall–Kier alpha value is -3.88. The maximum Gasteiger partial charge on any atom is 0.487 e. The minimum Gasteiger partial charge on any atom is -0.508 e. The molecule has 8 heteroatoms. The molecule has 6 rings (SSSR count). The maximum atomic E-state index is 13.9. The van der Waals surface area contributed by atoms with Crippen LogP contribution in [0, 0.1) is 17.8 Å². The first-order chi connectivity index (χ1) is 18.4. The van der Waals surface area contributed by atoms with Crippen molar-refractivity contribution in [3.63, 3.8) is 0 Å². The molecule has 4 atom stereocenters. The number of phenolic OH excluding ortho intramolecular Hbond substituents is 1. The molecule has 0 aromatic heterocycles. The molecule has 2 saturated heterocycles. The van der Waals surface area contributed by atoms with Crippen LogP contribution in [0.1, 0.15) is 37.9 Å². The molecule has 38 heavy (non-hydrogen) atoms. The molecule has 0 saturated carbocycles. The summed E-state index contributed by atoms with van der Waals surface area (Å²) in [5.74, 6) is -1.66. The van der Waals surface area contributed by atoms with E-state index in [1.807, 2.05) is 55.5 Å². The molecule has 2 heterocycles. The first kappa shape index (κ1) is 24.5. The summed E-state index contributed by atoms with van der Waals surface area (Å²) in [7, 11) is -1.16. The molecule has 0 radical (unpaired) electrons. The van der Waals surface area contributed by atoms with Crippen LogP contribution in [0.25, 0.3) is 0 Å². The molecule has 2 aliphatic heterocycles. The zero-order chi connectivity index (χ0) is 26.4. The van der Waals surface area contributed by atoms with Crippen LogP contribution in [0.15, 0.2) is 89.9 Å². The number of imide groups is 1. The number of rotatable bonds is 5. The number of nitrogens with one attached hydrogen (secondary N) is 1. The third-order valence-electron chi connectivity index (χ3n) is 8.07. The lowest BCUT2D eigenvalue weighted by Gasteiger charge is -2.42. The fourth-order valence-corrected chi connectivity index (χ4v) is 6.33. The van der Waals surface area contributed by atoms with E-state index in [0.717, 1.165) is 28.0 Å². The van der Waals surface area contributed by atoms with E-state index in [-0.39, 0.29) is 23.5 Å². The summed E-state index contributed by atoms with van der Waals surface area (Å²) in [5, 5.41) is 24.3. The molecular weight excluding hydrogens is 479 g/mol. The van der Waals surface area contributed by atoms with Crippen molar-refractivity contribution in [1.82, 2.24) is 0 Å². The number of nitrogens with zero attached hydrogens (tertiary/aromatic N) is 1. The quantitative estimate of drug-likeness (QED) is 0.326. The molecule has 2 amide bonds. The summed E-state index contributed by atoms with van der Waals surface area (Å²) < 4.78 is 5.98. The van der Waals surface area contributed by atoms with E-state index < -0.39 is 25.1 Å². The fourth-order valence-electron chi connectivity index (χ4n) is 6.33. The molecule has 0 bridgehead atoms. The Bertz CT molecular complexity index is 1410. The SMILES string of the molecule is CCC1=C2B(O)O[C@H](c3cccc(O)c3)C[C@H]2[C@H]2C(=O)N(c3ccc(Nc4ccccc4)cc3)C(=O)[C@H]2C1. The van der Waals surface area contributed by atoms with Crippen LogP contribution >= 0.6 is 0 Å². The second-order valence-electron chi connectivity index (χ2n) is 10.2. The van der Waals surface area contributed by atoms with Crippen LogP contribution in [0.3, 0.4) is 0 Å². The van der Waals surface area contributed by atoms with Gasteiger partial charge in [-0.3, -0.25) is 14.5 Å². The lowest BCUT2D eigenvalue weighted by molar-refractivity contribution is -0.123. The van der Waals surface area contributed by atoms with Crippen LogP contribution in [-0.4, -0.2) is 29.1 Å². The molecular formula is C30H29BN2O5. The van der Waals surface area contributed by atoms with E-state index >= 15 is 0 Å². The Balaban J connectivity index is 1.30. The number of para-hydroxylation sites is 1. The largest absolute Gasteiger partial charge is 0.508 e. The zero-order valence-electron chi connectivity index (χ0n) is 21.1. The molecule has 0 spiro atoms. The van der Waals surface area contributed by atoms with Crippen LogP contribution in [0.2, 0.25) is 0 Å². The van der Waals surface area contributed by atoms with Gasteiger partial charge in [0.1, 0.15) is 5.75 Å². The predicted molar refractivity (Wildman–Crippen MR) is 146 cm³/mol. The average molecular weight is 508 g/mol. The Morgan fingerprint density at radius 2 is 1.68 bits per heavy atom. The second-order valence-corrected chi connectivity index (χ2v) is 10.2. The fraction of sp³-hybridized carbons (Fsp3) is 0.267. The van der Waals surface area contributed by atoms with E-state index in [0.29, 0.717) is 24.9 Å². The highest BCUT2D eigenvalue weighted by Gasteiger charge is 2.58. The van der Waals surface area contributed by atoms with Gasteiger partial charge >= 0.3 is 7.12 Å². The van der Waals surface area contributed by atoms with Gasteiger partial charge in [-0.25, -0.2) is 0 Å². The lowest BCUT2D eigenvalue weighted by Crippen LogP contribution is -2.44. The normalized spacial score (nSPS) is 24.9.